The van der Waals surface area contributed by atoms with E-state index in [4.69, 9.17) is 10.00 Å². The van der Waals surface area contributed by atoms with E-state index in [9.17, 15) is 9.90 Å². The predicted molar refractivity (Wildman–Crippen MR) is 93.0 cm³/mol. The normalized spacial score (nSPS) is 25.4. The van der Waals surface area contributed by atoms with E-state index in [1.54, 1.807) is 31.2 Å². The highest BCUT2D eigenvalue weighted by atomic mass is 16.5. The Hall–Kier alpha value is -2.10. The third-order valence-corrected chi connectivity index (χ3v) is 5.18. The Kier molecular flexibility index (Phi) is 5.57. The number of carbonyl (C=O) groups is 1. The van der Waals surface area contributed by atoms with Crippen LogP contribution in [0, 0.1) is 11.3 Å². The van der Waals surface area contributed by atoms with Crippen LogP contribution in [0.5, 0.6) is 5.75 Å². The lowest BCUT2D eigenvalue weighted by molar-refractivity contribution is -0.140. The first kappa shape index (κ1) is 17.7. The Morgan fingerprint density at radius 2 is 1.92 bits per heavy atom. The van der Waals surface area contributed by atoms with Crippen LogP contribution in [0.15, 0.2) is 24.3 Å². The summed E-state index contributed by atoms with van der Waals surface area (Å²) in [5.41, 5.74) is 0.566. The van der Waals surface area contributed by atoms with Gasteiger partial charge in [-0.3, -0.25) is 9.69 Å². The highest BCUT2D eigenvalue weighted by Gasteiger charge is 2.34. The summed E-state index contributed by atoms with van der Waals surface area (Å²) >= 11 is 0. The maximum absolute atomic E-state index is 12.6. The van der Waals surface area contributed by atoms with Crippen molar-refractivity contribution in [3.8, 4) is 11.8 Å². The molecule has 2 aliphatic rings. The van der Waals surface area contributed by atoms with Crippen molar-refractivity contribution in [3.05, 3.63) is 29.8 Å². The van der Waals surface area contributed by atoms with Crippen molar-refractivity contribution in [1.29, 1.82) is 5.26 Å². The second kappa shape index (κ2) is 7.85. The van der Waals surface area contributed by atoms with Crippen LogP contribution in [0.2, 0.25) is 0 Å². The molecule has 0 aromatic heterocycles. The van der Waals surface area contributed by atoms with E-state index < -0.39 is 6.10 Å². The van der Waals surface area contributed by atoms with E-state index in [1.807, 2.05) is 4.90 Å². The molecule has 1 N–H and O–H groups in total. The summed E-state index contributed by atoms with van der Waals surface area (Å²) in [5, 5.41) is 18.9. The summed E-state index contributed by atoms with van der Waals surface area (Å²) in [6, 6.07) is 9.09. The molecule has 0 spiro atoms. The molecule has 3 rings (SSSR count). The predicted octanol–water partition coefficient (Wildman–Crippen LogP) is 1.38. The van der Waals surface area contributed by atoms with Gasteiger partial charge in [0.25, 0.3) is 5.91 Å². The van der Waals surface area contributed by atoms with E-state index in [0.717, 1.165) is 32.4 Å². The third-order valence-electron chi connectivity index (χ3n) is 5.18. The molecule has 1 saturated carbocycles. The molecule has 6 heteroatoms. The SMILES string of the molecule is C[C@H](Oc1ccc(C#N)cc1)C(=O)N1CCN([C@@H]2CCC[C@H]2O)CC1. The number of nitriles is 1. The first-order chi connectivity index (χ1) is 12.1. The first-order valence-electron chi connectivity index (χ1n) is 8.96. The molecule has 1 saturated heterocycles. The molecular formula is C19H25N3O3. The number of hydrogen-bond acceptors (Lipinski definition) is 5. The Bertz CT molecular complexity index is 632. The van der Waals surface area contributed by atoms with Crippen LogP contribution in [-0.2, 0) is 4.79 Å². The molecule has 1 heterocycles. The number of amides is 1. The molecule has 134 valence electrons. The maximum atomic E-state index is 12.6. The van der Waals surface area contributed by atoms with Crippen molar-refractivity contribution in [1.82, 2.24) is 9.80 Å². The van der Waals surface area contributed by atoms with Gasteiger partial charge in [-0.2, -0.15) is 5.26 Å². The fraction of sp³-hybridized carbons (Fsp3) is 0.579. The number of hydrogen-bond donors (Lipinski definition) is 1. The minimum absolute atomic E-state index is 0.0176. The Labute approximate surface area is 148 Å². The van der Waals surface area contributed by atoms with E-state index >= 15 is 0 Å². The molecule has 1 aromatic carbocycles. The molecule has 0 bridgehead atoms. The Morgan fingerprint density at radius 3 is 2.48 bits per heavy atom. The van der Waals surface area contributed by atoms with Gasteiger partial charge < -0.3 is 14.7 Å². The zero-order valence-electron chi connectivity index (χ0n) is 14.6. The zero-order chi connectivity index (χ0) is 17.8. The number of nitrogens with zero attached hydrogens (tertiary/aromatic N) is 3. The average Bonchev–Trinajstić information content (AvgIpc) is 3.08. The number of benzene rings is 1. The summed E-state index contributed by atoms with van der Waals surface area (Å²) in [5.74, 6) is 0.573. The lowest BCUT2D eigenvalue weighted by Gasteiger charge is -2.39. The van der Waals surface area contributed by atoms with E-state index in [2.05, 4.69) is 11.0 Å². The molecule has 2 fully saturated rings. The van der Waals surface area contributed by atoms with Crippen molar-refractivity contribution in [2.24, 2.45) is 0 Å². The molecule has 1 aromatic rings. The van der Waals surface area contributed by atoms with Crippen LogP contribution in [0.4, 0.5) is 0 Å². The molecule has 0 unspecified atom stereocenters. The fourth-order valence-electron chi connectivity index (χ4n) is 3.74. The van der Waals surface area contributed by atoms with Gasteiger partial charge in [-0.25, -0.2) is 0 Å². The van der Waals surface area contributed by atoms with E-state index in [1.165, 1.54) is 0 Å². The summed E-state index contributed by atoms with van der Waals surface area (Å²) < 4.78 is 5.72. The minimum atomic E-state index is -0.559. The Balaban J connectivity index is 1.50. The second-order valence-electron chi connectivity index (χ2n) is 6.82. The number of carbonyl (C=O) groups excluding carboxylic acids is 1. The maximum Gasteiger partial charge on any atom is 0.263 e. The van der Waals surface area contributed by atoms with Crippen molar-refractivity contribution < 1.29 is 14.6 Å². The number of piperazine rings is 1. The number of rotatable bonds is 4. The van der Waals surface area contributed by atoms with Crippen LogP contribution < -0.4 is 4.74 Å². The molecule has 6 nitrogen and oxygen atoms in total. The average molecular weight is 343 g/mol. The van der Waals surface area contributed by atoms with Gasteiger partial charge in [-0.05, 0) is 50.5 Å². The van der Waals surface area contributed by atoms with Gasteiger partial charge in [-0.1, -0.05) is 0 Å². The van der Waals surface area contributed by atoms with Crippen molar-refractivity contribution in [2.75, 3.05) is 26.2 Å². The number of aliphatic hydroxyl groups excluding tert-OH is 1. The van der Waals surface area contributed by atoms with Crippen LogP contribution in [-0.4, -0.2) is 65.2 Å². The zero-order valence-corrected chi connectivity index (χ0v) is 14.6. The topological polar surface area (TPSA) is 76.8 Å². The minimum Gasteiger partial charge on any atom is -0.481 e. The highest BCUT2D eigenvalue weighted by Crippen LogP contribution is 2.25. The van der Waals surface area contributed by atoms with Gasteiger partial charge in [0.15, 0.2) is 6.10 Å². The van der Waals surface area contributed by atoms with Gasteiger partial charge in [0, 0.05) is 32.2 Å². The smallest absolute Gasteiger partial charge is 0.263 e. The molecule has 3 atom stereocenters. The van der Waals surface area contributed by atoms with E-state index in [0.29, 0.717) is 24.4 Å². The van der Waals surface area contributed by atoms with Gasteiger partial charge >= 0.3 is 0 Å². The fourth-order valence-corrected chi connectivity index (χ4v) is 3.74. The molecule has 1 amide bonds. The van der Waals surface area contributed by atoms with Crippen molar-refractivity contribution in [2.45, 2.75) is 44.4 Å². The van der Waals surface area contributed by atoms with Crippen molar-refractivity contribution >= 4 is 5.91 Å². The van der Waals surface area contributed by atoms with Gasteiger partial charge in [0.05, 0.1) is 17.7 Å². The molecule has 1 aliphatic carbocycles. The van der Waals surface area contributed by atoms with Gasteiger partial charge in [0.2, 0.25) is 0 Å². The van der Waals surface area contributed by atoms with Crippen LogP contribution in [0.25, 0.3) is 0 Å². The third kappa shape index (κ3) is 4.12. The molecular weight excluding hydrogens is 318 g/mol. The highest BCUT2D eigenvalue weighted by molar-refractivity contribution is 5.81. The second-order valence-corrected chi connectivity index (χ2v) is 6.82. The van der Waals surface area contributed by atoms with Crippen LogP contribution >= 0.6 is 0 Å². The van der Waals surface area contributed by atoms with E-state index in [-0.39, 0.29) is 18.1 Å². The summed E-state index contributed by atoms with van der Waals surface area (Å²) in [7, 11) is 0. The number of aliphatic hydroxyl groups is 1. The standard InChI is InChI=1S/C19H25N3O3/c1-14(25-16-7-5-15(13-20)6-8-16)19(24)22-11-9-21(10-12-22)17-3-2-4-18(17)23/h5-8,14,17-18,23H,2-4,9-12H2,1H3/t14-,17+,18+/m0/s1. The summed E-state index contributed by atoms with van der Waals surface area (Å²) in [4.78, 5) is 16.8. The quantitative estimate of drug-likeness (QED) is 0.894. The lowest BCUT2D eigenvalue weighted by atomic mass is 10.1. The Morgan fingerprint density at radius 1 is 1.24 bits per heavy atom. The molecule has 1 aliphatic heterocycles. The van der Waals surface area contributed by atoms with Crippen LogP contribution in [0.3, 0.4) is 0 Å². The monoisotopic (exact) mass is 343 g/mol. The van der Waals surface area contributed by atoms with Gasteiger partial charge in [0.1, 0.15) is 5.75 Å². The molecule has 0 radical (unpaired) electrons. The van der Waals surface area contributed by atoms with Crippen LogP contribution in [0.1, 0.15) is 31.7 Å². The first-order valence-corrected chi connectivity index (χ1v) is 8.96. The van der Waals surface area contributed by atoms with Gasteiger partial charge in [-0.15, -0.1) is 0 Å². The largest absolute Gasteiger partial charge is 0.481 e. The lowest BCUT2D eigenvalue weighted by Crippen LogP contribution is -2.55. The summed E-state index contributed by atoms with van der Waals surface area (Å²) in [6.07, 6.45) is 2.24. The number of ether oxygens (including phenoxy) is 1. The molecule has 25 heavy (non-hydrogen) atoms. The summed E-state index contributed by atoms with van der Waals surface area (Å²) in [6.45, 7) is 4.70. The van der Waals surface area contributed by atoms with Crippen molar-refractivity contribution in [3.63, 3.8) is 0 Å².